The number of hydrazine groups is 1. The molecule has 25 heavy (non-hydrogen) atoms. The topological polar surface area (TPSA) is 101 Å². The monoisotopic (exact) mass is 367 g/mol. The Morgan fingerprint density at radius 1 is 1.08 bits per heavy atom. The molecule has 0 aliphatic rings. The van der Waals surface area contributed by atoms with Crippen LogP contribution in [0.3, 0.4) is 0 Å². The van der Waals surface area contributed by atoms with Gasteiger partial charge >= 0.3 is 0 Å². The number of benzene rings is 2. The molecule has 0 atom stereocenters. The van der Waals surface area contributed by atoms with E-state index in [1.807, 2.05) is 0 Å². The van der Waals surface area contributed by atoms with Crippen molar-refractivity contribution in [3.05, 3.63) is 69.8 Å². The summed E-state index contributed by atoms with van der Waals surface area (Å²) in [6.07, 6.45) is 0. The molecule has 130 valence electrons. The zero-order chi connectivity index (χ0) is 18.4. The molecule has 0 spiro atoms. The van der Waals surface area contributed by atoms with Crippen molar-refractivity contribution in [1.29, 1.82) is 0 Å². The van der Waals surface area contributed by atoms with Crippen molar-refractivity contribution in [2.45, 2.75) is 4.90 Å². The third kappa shape index (κ3) is 5.24. The van der Waals surface area contributed by atoms with Crippen LogP contribution in [0.25, 0.3) is 0 Å². The van der Waals surface area contributed by atoms with Gasteiger partial charge in [0.15, 0.2) is 0 Å². The summed E-state index contributed by atoms with van der Waals surface area (Å²) in [4.78, 5) is 33.3. The van der Waals surface area contributed by atoms with Gasteiger partial charge in [-0.1, -0.05) is 0 Å². The molecule has 0 radical (unpaired) electrons. The van der Waals surface area contributed by atoms with Crippen molar-refractivity contribution >= 4 is 29.3 Å². The predicted octanol–water partition coefficient (Wildman–Crippen LogP) is 2.43. The molecule has 2 amide bonds. The molecule has 0 saturated heterocycles. The van der Waals surface area contributed by atoms with Crippen LogP contribution in [0.4, 0.5) is 14.5 Å². The first-order valence-corrected chi connectivity index (χ1v) is 7.77. The van der Waals surface area contributed by atoms with Gasteiger partial charge in [0.2, 0.25) is 5.91 Å². The predicted molar refractivity (Wildman–Crippen MR) is 85.8 cm³/mol. The zero-order valence-corrected chi connectivity index (χ0v) is 13.3. The van der Waals surface area contributed by atoms with E-state index in [1.165, 1.54) is 12.1 Å². The van der Waals surface area contributed by atoms with E-state index in [0.717, 1.165) is 42.1 Å². The van der Waals surface area contributed by atoms with Crippen molar-refractivity contribution in [2.75, 3.05) is 5.75 Å². The van der Waals surface area contributed by atoms with Gasteiger partial charge in [0.25, 0.3) is 11.6 Å². The molecule has 2 rings (SSSR count). The van der Waals surface area contributed by atoms with Gasteiger partial charge in [-0.15, -0.1) is 11.8 Å². The highest BCUT2D eigenvalue weighted by Crippen LogP contribution is 2.22. The summed E-state index contributed by atoms with van der Waals surface area (Å²) in [5.74, 6) is -2.85. The average Bonchev–Trinajstić information content (AvgIpc) is 2.60. The average molecular weight is 367 g/mol. The highest BCUT2D eigenvalue weighted by atomic mass is 32.2. The van der Waals surface area contributed by atoms with Crippen LogP contribution in [0.5, 0.6) is 0 Å². The zero-order valence-electron chi connectivity index (χ0n) is 12.5. The van der Waals surface area contributed by atoms with Gasteiger partial charge in [0.05, 0.1) is 10.7 Å². The SMILES string of the molecule is O=C(CSc1cc(F)ccc1F)NNC(=O)c1ccc([N+](=O)[O-])cc1. The van der Waals surface area contributed by atoms with E-state index in [1.54, 1.807) is 0 Å². The Balaban J connectivity index is 1.84. The lowest BCUT2D eigenvalue weighted by Crippen LogP contribution is -2.42. The number of nitrogens with one attached hydrogen (secondary N) is 2. The Morgan fingerprint density at radius 2 is 1.76 bits per heavy atom. The van der Waals surface area contributed by atoms with Crippen molar-refractivity contribution in [3.8, 4) is 0 Å². The molecule has 2 N–H and O–H groups in total. The Labute approximate surface area is 144 Å². The molecule has 2 aromatic carbocycles. The summed E-state index contributed by atoms with van der Waals surface area (Å²) in [7, 11) is 0. The van der Waals surface area contributed by atoms with Crippen LogP contribution in [0, 0.1) is 21.7 Å². The second-order valence-electron chi connectivity index (χ2n) is 4.67. The number of rotatable bonds is 5. The first kappa shape index (κ1) is 18.3. The minimum absolute atomic E-state index is 0.0307. The van der Waals surface area contributed by atoms with Crippen molar-refractivity contribution in [1.82, 2.24) is 10.9 Å². The molecule has 0 aliphatic heterocycles. The number of hydrogen-bond acceptors (Lipinski definition) is 5. The van der Waals surface area contributed by atoms with Gasteiger partial charge in [0.1, 0.15) is 11.6 Å². The van der Waals surface area contributed by atoms with E-state index in [4.69, 9.17) is 0 Å². The number of nitro groups is 1. The quantitative estimate of drug-likeness (QED) is 0.480. The summed E-state index contributed by atoms with van der Waals surface area (Å²) in [5, 5.41) is 10.5. The third-order valence-electron chi connectivity index (χ3n) is 2.91. The molecule has 10 heteroatoms. The number of non-ortho nitro benzene ring substituents is 1. The smallest absolute Gasteiger partial charge is 0.269 e. The molecule has 0 saturated carbocycles. The van der Waals surface area contributed by atoms with Gasteiger partial charge in [-0.2, -0.15) is 0 Å². The van der Waals surface area contributed by atoms with Gasteiger partial charge in [0, 0.05) is 22.6 Å². The Kier molecular flexibility index (Phi) is 6.01. The molecule has 0 heterocycles. The van der Waals surface area contributed by atoms with E-state index in [9.17, 15) is 28.5 Å². The fourth-order valence-electron chi connectivity index (χ4n) is 1.70. The van der Waals surface area contributed by atoms with Gasteiger partial charge in [-0.25, -0.2) is 8.78 Å². The molecule has 0 fully saturated rings. The minimum Gasteiger partial charge on any atom is -0.272 e. The van der Waals surface area contributed by atoms with Gasteiger partial charge in [-0.05, 0) is 30.3 Å². The fraction of sp³-hybridized carbons (Fsp3) is 0.0667. The van der Waals surface area contributed by atoms with Crippen molar-refractivity contribution in [3.63, 3.8) is 0 Å². The maximum atomic E-state index is 13.4. The molecular weight excluding hydrogens is 356 g/mol. The molecule has 0 aromatic heterocycles. The van der Waals surface area contributed by atoms with Crippen LogP contribution < -0.4 is 10.9 Å². The summed E-state index contributed by atoms with van der Waals surface area (Å²) in [6, 6.07) is 7.64. The molecule has 7 nitrogen and oxygen atoms in total. The maximum absolute atomic E-state index is 13.4. The van der Waals surface area contributed by atoms with E-state index >= 15 is 0 Å². The van der Waals surface area contributed by atoms with E-state index in [0.29, 0.717) is 0 Å². The highest BCUT2D eigenvalue weighted by molar-refractivity contribution is 8.00. The highest BCUT2D eigenvalue weighted by Gasteiger charge is 2.11. The summed E-state index contributed by atoms with van der Waals surface area (Å²) < 4.78 is 26.4. The molecule has 0 unspecified atom stereocenters. The van der Waals surface area contributed by atoms with Crippen molar-refractivity contribution in [2.24, 2.45) is 0 Å². The first-order chi connectivity index (χ1) is 11.9. The van der Waals surface area contributed by atoms with Crippen LogP contribution in [0.2, 0.25) is 0 Å². The molecule has 2 aromatic rings. The van der Waals surface area contributed by atoms with Gasteiger partial charge in [-0.3, -0.25) is 30.6 Å². The summed E-state index contributed by atoms with van der Waals surface area (Å²) in [5.41, 5.74) is 4.17. The number of thioether (sulfide) groups is 1. The van der Waals surface area contributed by atoms with Crippen LogP contribution in [-0.4, -0.2) is 22.5 Å². The number of nitrogens with zero attached hydrogens (tertiary/aromatic N) is 1. The standard InChI is InChI=1S/C15H11F2N3O4S/c16-10-3-6-12(17)13(7-10)25-8-14(21)18-19-15(22)9-1-4-11(5-2-9)20(23)24/h1-7H,8H2,(H,18,21)(H,19,22). The lowest BCUT2D eigenvalue weighted by Gasteiger charge is -2.07. The number of amides is 2. The Morgan fingerprint density at radius 3 is 2.40 bits per heavy atom. The summed E-state index contributed by atoms with van der Waals surface area (Å²) in [6.45, 7) is 0. The number of carbonyl (C=O) groups is 2. The third-order valence-corrected chi connectivity index (χ3v) is 3.94. The second-order valence-corrected chi connectivity index (χ2v) is 5.69. The number of carbonyl (C=O) groups excluding carboxylic acids is 2. The number of halogens is 2. The summed E-state index contributed by atoms with van der Waals surface area (Å²) >= 11 is 0.769. The minimum atomic E-state index is -0.676. The van der Waals surface area contributed by atoms with Crippen LogP contribution in [0.1, 0.15) is 10.4 Å². The first-order valence-electron chi connectivity index (χ1n) is 6.78. The van der Waals surface area contributed by atoms with Gasteiger partial charge < -0.3 is 0 Å². The Bertz CT molecular complexity index is 815. The normalized spacial score (nSPS) is 10.2. The van der Waals surface area contributed by atoms with E-state index in [2.05, 4.69) is 10.9 Å². The van der Waals surface area contributed by atoms with E-state index in [-0.39, 0.29) is 21.9 Å². The number of nitro benzene ring substituents is 1. The second kappa shape index (κ2) is 8.20. The molecule has 0 bridgehead atoms. The lowest BCUT2D eigenvalue weighted by atomic mass is 10.2. The Hall–Kier alpha value is -3.01. The largest absolute Gasteiger partial charge is 0.272 e. The molecule has 0 aliphatic carbocycles. The van der Waals surface area contributed by atoms with Crippen molar-refractivity contribution < 1.29 is 23.3 Å². The molecular formula is C15H11F2N3O4S. The fourth-order valence-corrected chi connectivity index (χ4v) is 2.46. The van der Waals surface area contributed by atoms with Crippen LogP contribution in [0.15, 0.2) is 47.4 Å². The van der Waals surface area contributed by atoms with E-state index < -0.39 is 28.4 Å². The van der Waals surface area contributed by atoms with Crippen LogP contribution in [-0.2, 0) is 4.79 Å². The lowest BCUT2D eigenvalue weighted by molar-refractivity contribution is -0.384. The maximum Gasteiger partial charge on any atom is 0.269 e. The van der Waals surface area contributed by atoms with Crippen LogP contribution >= 0.6 is 11.8 Å². The number of hydrogen-bond donors (Lipinski definition) is 2.